The van der Waals surface area contributed by atoms with Crippen LogP contribution in [0.4, 0.5) is 0 Å². The van der Waals surface area contributed by atoms with Crippen LogP contribution in [0.5, 0.6) is 0 Å². The molecule has 3 heterocycles. The van der Waals surface area contributed by atoms with E-state index in [0.29, 0.717) is 0 Å². The minimum atomic E-state index is 0.200. The molecule has 0 saturated carbocycles. The van der Waals surface area contributed by atoms with Gasteiger partial charge in [0.1, 0.15) is 10.7 Å². The van der Waals surface area contributed by atoms with E-state index >= 15 is 0 Å². The van der Waals surface area contributed by atoms with E-state index < -0.39 is 0 Å². The van der Waals surface area contributed by atoms with Crippen molar-refractivity contribution in [2.45, 2.75) is 39.3 Å². The highest BCUT2D eigenvalue weighted by Crippen LogP contribution is 2.22. The van der Waals surface area contributed by atoms with Crippen molar-refractivity contribution in [2.24, 2.45) is 5.73 Å². The van der Waals surface area contributed by atoms with Crippen molar-refractivity contribution in [1.29, 1.82) is 0 Å². The lowest BCUT2D eigenvalue weighted by molar-refractivity contribution is 0.646. The molecule has 1 atom stereocenters. The van der Waals surface area contributed by atoms with E-state index in [-0.39, 0.29) is 6.04 Å². The van der Waals surface area contributed by atoms with Crippen molar-refractivity contribution in [3.63, 3.8) is 0 Å². The van der Waals surface area contributed by atoms with Crippen LogP contribution in [0.3, 0.4) is 0 Å². The predicted octanol–water partition coefficient (Wildman–Crippen LogP) is 3.13. The number of nitrogens with zero attached hydrogens (tertiary/aromatic N) is 3. The molecule has 0 aliphatic rings. The van der Waals surface area contributed by atoms with Crippen LogP contribution in [-0.4, -0.2) is 20.6 Å². The number of nitrogens with two attached hydrogens (primary N) is 1. The van der Waals surface area contributed by atoms with Gasteiger partial charge in [0.2, 0.25) is 0 Å². The van der Waals surface area contributed by atoms with Gasteiger partial charge < -0.3 is 10.3 Å². The van der Waals surface area contributed by atoms with Gasteiger partial charge in [-0.2, -0.15) is 0 Å². The number of aromatic nitrogens is 3. The Kier molecular flexibility index (Phi) is 4.03. The molecule has 3 rings (SSSR count). The van der Waals surface area contributed by atoms with Crippen LogP contribution in [0.1, 0.15) is 29.6 Å². The molecule has 5 heteroatoms. The molecule has 3 aromatic rings. The standard InChI is InChI=1S/C16H20N4S/c1-3-13(17)7-12-8-20(9-15-19-11(2)10-21-15)16-14(12)5-4-6-18-16/h4-6,8,10,13H,3,7,9,17H2,1-2H3. The molecular weight excluding hydrogens is 280 g/mol. The van der Waals surface area contributed by atoms with Crippen molar-refractivity contribution < 1.29 is 0 Å². The summed E-state index contributed by atoms with van der Waals surface area (Å²) in [4.78, 5) is 9.08. The first-order valence-corrected chi connectivity index (χ1v) is 8.14. The van der Waals surface area contributed by atoms with Crippen molar-refractivity contribution in [3.05, 3.63) is 46.2 Å². The second-order valence-electron chi connectivity index (χ2n) is 5.41. The molecule has 0 saturated heterocycles. The van der Waals surface area contributed by atoms with Gasteiger partial charge in [-0.3, -0.25) is 0 Å². The molecule has 0 bridgehead atoms. The predicted molar refractivity (Wildman–Crippen MR) is 87.7 cm³/mol. The summed E-state index contributed by atoms with van der Waals surface area (Å²) in [5, 5.41) is 4.40. The van der Waals surface area contributed by atoms with Crippen molar-refractivity contribution in [1.82, 2.24) is 14.5 Å². The number of fused-ring (bicyclic) bond motifs is 1. The minimum absolute atomic E-state index is 0.200. The fourth-order valence-corrected chi connectivity index (χ4v) is 3.30. The third kappa shape index (κ3) is 2.99. The second-order valence-corrected chi connectivity index (χ2v) is 6.35. The normalized spacial score (nSPS) is 12.9. The second kappa shape index (κ2) is 5.95. The van der Waals surface area contributed by atoms with Gasteiger partial charge in [-0.15, -0.1) is 11.3 Å². The molecule has 0 aromatic carbocycles. The van der Waals surface area contributed by atoms with Gasteiger partial charge in [0, 0.05) is 34.9 Å². The highest BCUT2D eigenvalue weighted by molar-refractivity contribution is 7.09. The van der Waals surface area contributed by atoms with Crippen LogP contribution in [0.25, 0.3) is 11.0 Å². The van der Waals surface area contributed by atoms with E-state index in [4.69, 9.17) is 5.73 Å². The Balaban J connectivity index is 1.98. The first kappa shape index (κ1) is 14.2. The molecule has 0 aliphatic heterocycles. The molecule has 0 amide bonds. The number of aryl methyl sites for hydroxylation is 1. The van der Waals surface area contributed by atoms with Crippen LogP contribution in [0.2, 0.25) is 0 Å². The van der Waals surface area contributed by atoms with Gasteiger partial charge in [-0.05, 0) is 37.5 Å². The monoisotopic (exact) mass is 300 g/mol. The lowest BCUT2D eigenvalue weighted by atomic mass is 10.1. The molecule has 0 aliphatic carbocycles. The van der Waals surface area contributed by atoms with E-state index in [2.05, 4.69) is 39.1 Å². The Morgan fingerprint density at radius 1 is 1.43 bits per heavy atom. The van der Waals surface area contributed by atoms with Crippen LogP contribution in [-0.2, 0) is 13.0 Å². The largest absolute Gasteiger partial charge is 0.327 e. The van der Waals surface area contributed by atoms with E-state index in [1.165, 1.54) is 10.9 Å². The number of rotatable bonds is 5. The SMILES string of the molecule is CCC(N)Cc1cn(Cc2nc(C)cs2)c2ncccc12. The van der Waals surface area contributed by atoms with Crippen LogP contribution in [0, 0.1) is 6.92 Å². The molecule has 110 valence electrons. The van der Waals surface area contributed by atoms with Crippen molar-refractivity contribution in [3.8, 4) is 0 Å². The summed E-state index contributed by atoms with van der Waals surface area (Å²) in [5.74, 6) is 0. The average molecular weight is 300 g/mol. The van der Waals surface area contributed by atoms with Gasteiger partial charge >= 0.3 is 0 Å². The number of hydrogen-bond acceptors (Lipinski definition) is 4. The summed E-state index contributed by atoms with van der Waals surface area (Å²) < 4.78 is 2.19. The number of thiazole rings is 1. The lowest BCUT2D eigenvalue weighted by Gasteiger charge is -2.06. The summed E-state index contributed by atoms with van der Waals surface area (Å²) in [6.45, 7) is 4.92. The van der Waals surface area contributed by atoms with Crippen LogP contribution in [0.15, 0.2) is 29.9 Å². The Morgan fingerprint density at radius 2 is 2.29 bits per heavy atom. The zero-order valence-corrected chi connectivity index (χ0v) is 13.2. The van der Waals surface area contributed by atoms with Crippen molar-refractivity contribution >= 4 is 22.4 Å². The Morgan fingerprint density at radius 3 is 3.00 bits per heavy atom. The number of hydrogen-bond donors (Lipinski definition) is 1. The summed E-state index contributed by atoms with van der Waals surface area (Å²) in [5.41, 5.74) is 9.49. The van der Waals surface area contributed by atoms with E-state index in [0.717, 1.165) is 35.7 Å². The fourth-order valence-electron chi connectivity index (χ4n) is 2.53. The van der Waals surface area contributed by atoms with E-state index in [1.807, 2.05) is 19.2 Å². The van der Waals surface area contributed by atoms with Crippen molar-refractivity contribution in [2.75, 3.05) is 0 Å². The minimum Gasteiger partial charge on any atom is -0.327 e. The molecule has 1 unspecified atom stereocenters. The van der Waals surface area contributed by atoms with E-state index in [9.17, 15) is 0 Å². The summed E-state index contributed by atoms with van der Waals surface area (Å²) in [6.07, 6.45) is 5.90. The van der Waals surface area contributed by atoms with Gasteiger partial charge in [0.05, 0.1) is 6.54 Å². The molecule has 0 spiro atoms. The first-order valence-electron chi connectivity index (χ1n) is 7.26. The molecular formula is C16H20N4S. The topological polar surface area (TPSA) is 56.7 Å². The van der Waals surface area contributed by atoms with Gasteiger partial charge in [-0.1, -0.05) is 6.92 Å². The molecule has 0 radical (unpaired) electrons. The average Bonchev–Trinajstić information content (AvgIpc) is 3.04. The summed E-state index contributed by atoms with van der Waals surface area (Å²) in [7, 11) is 0. The molecule has 3 aromatic heterocycles. The maximum absolute atomic E-state index is 6.12. The van der Waals surface area contributed by atoms with Crippen LogP contribution >= 0.6 is 11.3 Å². The summed E-state index contributed by atoms with van der Waals surface area (Å²) >= 11 is 1.70. The van der Waals surface area contributed by atoms with Gasteiger partial charge in [-0.25, -0.2) is 9.97 Å². The molecule has 21 heavy (non-hydrogen) atoms. The Bertz CT molecular complexity index is 744. The highest BCUT2D eigenvalue weighted by atomic mass is 32.1. The molecule has 4 nitrogen and oxygen atoms in total. The zero-order valence-electron chi connectivity index (χ0n) is 12.4. The molecule has 0 fully saturated rings. The third-order valence-electron chi connectivity index (χ3n) is 3.70. The number of pyridine rings is 1. The van der Waals surface area contributed by atoms with Gasteiger partial charge in [0.15, 0.2) is 0 Å². The Hall–Kier alpha value is -1.72. The highest BCUT2D eigenvalue weighted by Gasteiger charge is 2.12. The molecule has 2 N–H and O–H groups in total. The fraction of sp³-hybridized carbons (Fsp3) is 0.375. The maximum atomic E-state index is 6.12. The summed E-state index contributed by atoms with van der Waals surface area (Å²) in [6, 6.07) is 4.32. The van der Waals surface area contributed by atoms with Crippen LogP contribution < -0.4 is 5.73 Å². The quantitative estimate of drug-likeness (QED) is 0.787. The van der Waals surface area contributed by atoms with E-state index in [1.54, 1.807) is 11.3 Å². The first-order chi connectivity index (χ1) is 10.2. The Labute approximate surface area is 128 Å². The van der Waals surface area contributed by atoms with Gasteiger partial charge in [0.25, 0.3) is 0 Å². The third-order valence-corrected chi connectivity index (χ3v) is 4.65. The lowest BCUT2D eigenvalue weighted by Crippen LogP contribution is -2.21. The zero-order chi connectivity index (χ0) is 14.8. The smallest absolute Gasteiger partial charge is 0.140 e. The maximum Gasteiger partial charge on any atom is 0.140 e.